The molecule has 2 aromatic heterocycles. The molecule has 0 saturated carbocycles. The van der Waals surface area contributed by atoms with Crippen molar-refractivity contribution in [2.45, 2.75) is 69.6 Å². The topological polar surface area (TPSA) is 108 Å². The van der Waals surface area contributed by atoms with Crippen LogP contribution >= 0.6 is 23.1 Å². The largest absolute Gasteiger partial charge is 0.538 e. The number of nitrogens with one attached hydrogen (secondary N) is 1. The van der Waals surface area contributed by atoms with E-state index in [-0.39, 0.29) is 17.5 Å². The molecule has 4 rings (SSSR count). The summed E-state index contributed by atoms with van der Waals surface area (Å²) in [4.78, 5) is 27.2. The van der Waals surface area contributed by atoms with Crippen LogP contribution in [0.5, 0.6) is 5.95 Å². The maximum Gasteiger partial charge on any atom is 0.341 e. The van der Waals surface area contributed by atoms with Crippen LogP contribution in [0.1, 0.15) is 65.9 Å². The van der Waals surface area contributed by atoms with Gasteiger partial charge in [0.2, 0.25) is 11.6 Å². The summed E-state index contributed by atoms with van der Waals surface area (Å²) in [6.07, 6.45) is 6.06. The van der Waals surface area contributed by atoms with Crippen LogP contribution in [-0.2, 0) is 22.4 Å². The Balaban J connectivity index is 1.56. The summed E-state index contributed by atoms with van der Waals surface area (Å²) in [5.74, 6) is -1.33. The summed E-state index contributed by atoms with van der Waals surface area (Å²) in [5.41, 5.74) is 3.22. The predicted molar refractivity (Wildman–Crippen MR) is 132 cm³/mol. The lowest BCUT2D eigenvalue weighted by molar-refractivity contribution is -0.705. The molecule has 1 N–H and O–H groups in total. The number of thiophene rings is 1. The third-order valence-corrected chi connectivity index (χ3v) is 8.23. The van der Waals surface area contributed by atoms with E-state index in [1.807, 2.05) is 31.2 Å². The van der Waals surface area contributed by atoms with E-state index in [2.05, 4.69) is 10.6 Å². The Labute approximate surface area is 212 Å². The lowest BCUT2D eigenvalue weighted by Crippen LogP contribution is -2.36. The first-order valence-corrected chi connectivity index (χ1v) is 13.5. The Bertz CT molecular complexity index is 1200. The second-order valence-corrected chi connectivity index (χ2v) is 10.9. The molecule has 35 heavy (non-hydrogen) atoms. The van der Waals surface area contributed by atoms with Gasteiger partial charge in [-0.05, 0) is 68.5 Å². The molecule has 0 radical (unpaired) electrons. The fourth-order valence-electron chi connectivity index (χ4n) is 4.05. The van der Waals surface area contributed by atoms with Gasteiger partial charge in [-0.3, -0.25) is 4.79 Å². The van der Waals surface area contributed by atoms with Gasteiger partial charge in [0, 0.05) is 17.0 Å². The molecular weight excluding hydrogens is 486 g/mol. The number of benzene rings is 1. The van der Waals surface area contributed by atoms with Gasteiger partial charge in [0.1, 0.15) is 5.00 Å². The zero-order chi connectivity index (χ0) is 24.9. The standard InChI is InChI=1S/C25H29N3O5S2/c1-4-32-24(30)20-18-9-7-5-6-8-10-19(18)35-22(20)26-21(29)16(3)34-23-25(31)33-27-28(23)17-13-11-15(2)12-14-17/h11-14,16H,4-10H2,1-3H3,(H-,26,27,29,30,31). The van der Waals surface area contributed by atoms with Gasteiger partial charge in [-0.25, -0.2) is 4.79 Å². The Kier molecular flexibility index (Phi) is 8.12. The van der Waals surface area contributed by atoms with E-state index in [9.17, 15) is 14.7 Å². The molecule has 0 saturated heterocycles. The molecule has 10 heteroatoms. The van der Waals surface area contributed by atoms with Crippen LogP contribution in [0.3, 0.4) is 0 Å². The molecule has 1 atom stereocenters. The van der Waals surface area contributed by atoms with Gasteiger partial charge >= 0.3 is 5.97 Å². The minimum Gasteiger partial charge on any atom is -0.538 e. The number of thioether (sulfide) groups is 1. The van der Waals surface area contributed by atoms with Gasteiger partial charge in [0.15, 0.2) is 5.95 Å². The Morgan fingerprint density at radius 2 is 1.94 bits per heavy atom. The first kappa shape index (κ1) is 25.2. The van der Waals surface area contributed by atoms with Gasteiger partial charge in [0.25, 0.3) is 5.03 Å². The normalized spacial score (nSPS) is 14.5. The van der Waals surface area contributed by atoms with Crippen molar-refractivity contribution in [3.63, 3.8) is 0 Å². The fraction of sp³-hybridized carbons (Fsp3) is 0.440. The molecule has 0 bridgehead atoms. The number of hydrogen-bond acceptors (Lipinski definition) is 8. The number of anilines is 1. The van der Waals surface area contributed by atoms with E-state index in [0.29, 0.717) is 16.3 Å². The highest BCUT2D eigenvalue weighted by Crippen LogP contribution is 2.38. The molecule has 1 aliphatic carbocycles. The molecule has 1 aromatic carbocycles. The van der Waals surface area contributed by atoms with Gasteiger partial charge < -0.3 is 19.7 Å². The van der Waals surface area contributed by atoms with Gasteiger partial charge in [-0.15, -0.1) is 11.3 Å². The Hall–Kier alpha value is -2.85. The van der Waals surface area contributed by atoms with Crippen LogP contribution in [0.4, 0.5) is 5.00 Å². The number of fused-ring (bicyclic) bond motifs is 1. The molecule has 0 fully saturated rings. The van der Waals surface area contributed by atoms with E-state index >= 15 is 0 Å². The number of nitrogens with zero attached hydrogens (tertiary/aromatic N) is 2. The van der Waals surface area contributed by atoms with Gasteiger partial charge in [-0.2, -0.15) is 0 Å². The first-order valence-electron chi connectivity index (χ1n) is 11.8. The fourth-order valence-corrected chi connectivity index (χ4v) is 6.20. The lowest BCUT2D eigenvalue weighted by Gasteiger charge is -2.12. The second-order valence-electron chi connectivity index (χ2n) is 8.50. The van der Waals surface area contributed by atoms with Crippen LogP contribution in [-0.4, -0.2) is 29.0 Å². The number of rotatable bonds is 7. The molecule has 3 aromatic rings. The highest BCUT2D eigenvalue weighted by atomic mass is 32.2. The number of aromatic nitrogens is 2. The zero-order valence-corrected chi connectivity index (χ0v) is 21.7. The quantitative estimate of drug-likeness (QED) is 0.283. The first-order chi connectivity index (χ1) is 16.9. The minimum absolute atomic E-state index is 0.209. The zero-order valence-electron chi connectivity index (χ0n) is 20.1. The van der Waals surface area contributed by atoms with Crippen molar-refractivity contribution in [1.82, 2.24) is 5.27 Å². The maximum absolute atomic E-state index is 13.2. The summed E-state index contributed by atoms with van der Waals surface area (Å²) >= 11 is 2.52. The van der Waals surface area contributed by atoms with Crippen LogP contribution in [0.15, 0.2) is 33.8 Å². The number of carbonyl (C=O) groups excluding carboxylic acids is 2. The van der Waals surface area contributed by atoms with E-state index in [1.54, 1.807) is 13.8 Å². The smallest absolute Gasteiger partial charge is 0.341 e. The van der Waals surface area contributed by atoms with E-state index < -0.39 is 17.2 Å². The molecule has 1 unspecified atom stereocenters. The number of esters is 1. The van der Waals surface area contributed by atoms with Crippen molar-refractivity contribution in [2.75, 3.05) is 11.9 Å². The SMILES string of the molecule is CCOC(=O)c1c(NC(=O)C(C)Sc2c([O-])on[n+]2-c2ccc(C)cc2)sc2c1CCCCCC2. The molecule has 0 spiro atoms. The summed E-state index contributed by atoms with van der Waals surface area (Å²) in [5, 5.41) is 19.2. The predicted octanol–water partition coefficient (Wildman–Crippen LogP) is 4.35. The third kappa shape index (κ3) is 5.70. The van der Waals surface area contributed by atoms with Crippen molar-refractivity contribution >= 4 is 40.0 Å². The molecule has 1 amide bonds. The molecule has 186 valence electrons. The van der Waals surface area contributed by atoms with Crippen molar-refractivity contribution in [1.29, 1.82) is 0 Å². The van der Waals surface area contributed by atoms with E-state index in [1.165, 1.54) is 22.4 Å². The van der Waals surface area contributed by atoms with Gasteiger partial charge in [0.05, 0.1) is 22.7 Å². The molecular formula is C25H29N3O5S2. The summed E-state index contributed by atoms with van der Waals surface area (Å²) < 4.78 is 11.6. The average Bonchev–Trinajstić information content (AvgIpc) is 3.34. The number of aryl methyl sites for hydroxylation is 2. The number of amides is 1. The summed E-state index contributed by atoms with van der Waals surface area (Å²) in [7, 11) is 0. The van der Waals surface area contributed by atoms with Crippen LogP contribution in [0.25, 0.3) is 5.69 Å². The number of hydrogen-bond donors (Lipinski definition) is 1. The van der Waals surface area contributed by atoms with Crippen molar-refractivity contribution < 1.29 is 28.6 Å². The summed E-state index contributed by atoms with van der Waals surface area (Å²) in [6.45, 7) is 5.71. The van der Waals surface area contributed by atoms with Crippen molar-refractivity contribution in [3.05, 3.63) is 45.8 Å². The Morgan fingerprint density at radius 3 is 2.66 bits per heavy atom. The monoisotopic (exact) mass is 515 g/mol. The van der Waals surface area contributed by atoms with E-state index in [0.717, 1.165) is 59.9 Å². The van der Waals surface area contributed by atoms with Crippen LogP contribution < -0.4 is 15.1 Å². The second kappa shape index (κ2) is 11.3. The lowest BCUT2D eigenvalue weighted by atomic mass is 9.96. The molecule has 0 aliphatic heterocycles. The summed E-state index contributed by atoms with van der Waals surface area (Å²) in [6, 6.07) is 7.48. The number of carbonyl (C=O) groups is 2. The maximum atomic E-state index is 13.2. The molecule has 2 heterocycles. The minimum atomic E-state index is -0.640. The molecule has 8 nitrogen and oxygen atoms in total. The highest BCUT2D eigenvalue weighted by molar-refractivity contribution is 8.00. The highest BCUT2D eigenvalue weighted by Gasteiger charge is 2.30. The Morgan fingerprint density at radius 1 is 1.23 bits per heavy atom. The average molecular weight is 516 g/mol. The molecule has 1 aliphatic rings. The number of ether oxygens (including phenoxy) is 1. The van der Waals surface area contributed by atoms with Gasteiger partial charge in [-0.1, -0.05) is 30.5 Å². The van der Waals surface area contributed by atoms with Crippen molar-refractivity contribution in [2.24, 2.45) is 0 Å². The van der Waals surface area contributed by atoms with E-state index in [4.69, 9.17) is 9.26 Å². The van der Waals surface area contributed by atoms with Crippen LogP contribution in [0, 0.1) is 6.92 Å². The van der Waals surface area contributed by atoms with Crippen molar-refractivity contribution in [3.8, 4) is 11.6 Å². The third-order valence-electron chi connectivity index (χ3n) is 5.90. The van der Waals surface area contributed by atoms with Crippen LogP contribution in [0.2, 0.25) is 0 Å².